The van der Waals surface area contributed by atoms with Crippen molar-refractivity contribution in [3.05, 3.63) is 23.3 Å². The second-order valence-corrected chi connectivity index (χ2v) is 2.92. The van der Waals surface area contributed by atoms with Gasteiger partial charge in [0, 0.05) is 7.05 Å². The third kappa shape index (κ3) is 3.62. The Labute approximate surface area is 91.5 Å². The molecule has 0 saturated carbocycles. The molecular weight excluding hydrogens is 190 g/mol. The standard InChI is InChI=1S/C10H13NO2.C2H6/c1-7-4-8(2)10(13-6-12)9(5-7)11-3;1-2/h4-6,11H,1-3H3;1-2H3. The van der Waals surface area contributed by atoms with Crippen molar-refractivity contribution in [2.24, 2.45) is 0 Å². The molecule has 3 heteroatoms. The molecule has 15 heavy (non-hydrogen) atoms. The Balaban J connectivity index is 0.000000921. The molecule has 0 bridgehead atoms. The third-order valence-corrected chi connectivity index (χ3v) is 1.85. The Morgan fingerprint density at radius 3 is 2.33 bits per heavy atom. The molecule has 0 radical (unpaired) electrons. The number of carbonyl (C=O) groups excluding carboxylic acids is 1. The molecule has 0 atom stereocenters. The Kier molecular flexibility index (Phi) is 6.18. The smallest absolute Gasteiger partial charge is 0.298 e. The number of hydrogen-bond acceptors (Lipinski definition) is 3. The number of nitrogens with one attached hydrogen (secondary N) is 1. The zero-order valence-corrected chi connectivity index (χ0v) is 10.0. The van der Waals surface area contributed by atoms with Gasteiger partial charge >= 0.3 is 0 Å². The van der Waals surface area contributed by atoms with Gasteiger partial charge in [0.05, 0.1) is 5.69 Å². The first-order chi connectivity index (χ1) is 7.19. The number of aryl methyl sites for hydroxylation is 2. The number of benzene rings is 1. The lowest BCUT2D eigenvalue weighted by Crippen LogP contribution is -1.98. The Morgan fingerprint density at radius 1 is 1.27 bits per heavy atom. The average Bonchev–Trinajstić information content (AvgIpc) is 2.24. The van der Waals surface area contributed by atoms with Gasteiger partial charge in [-0.1, -0.05) is 19.9 Å². The highest BCUT2D eigenvalue weighted by Crippen LogP contribution is 2.29. The number of carbonyl (C=O) groups is 1. The van der Waals surface area contributed by atoms with E-state index < -0.39 is 0 Å². The van der Waals surface area contributed by atoms with Crippen molar-refractivity contribution in [3.8, 4) is 5.75 Å². The van der Waals surface area contributed by atoms with Gasteiger partial charge in [-0.15, -0.1) is 0 Å². The van der Waals surface area contributed by atoms with Gasteiger partial charge in [0.2, 0.25) is 0 Å². The fourth-order valence-electron chi connectivity index (χ4n) is 1.34. The largest absolute Gasteiger partial charge is 0.426 e. The molecule has 0 aliphatic carbocycles. The Hall–Kier alpha value is -1.51. The van der Waals surface area contributed by atoms with Gasteiger partial charge in [0.15, 0.2) is 5.75 Å². The molecular formula is C12H19NO2. The van der Waals surface area contributed by atoms with Crippen molar-refractivity contribution in [1.82, 2.24) is 0 Å². The number of rotatable bonds is 3. The van der Waals surface area contributed by atoms with Crippen molar-refractivity contribution in [2.45, 2.75) is 27.7 Å². The van der Waals surface area contributed by atoms with Crippen LogP contribution in [0, 0.1) is 13.8 Å². The lowest BCUT2D eigenvalue weighted by molar-refractivity contribution is -0.120. The zero-order valence-electron chi connectivity index (χ0n) is 10.0. The fraction of sp³-hybridized carbons (Fsp3) is 0.417. The summed E-state index contributed by atoms with van der Waals surface area (Å²) < 4.78 is 4.87. The highest BCUT2D eigenvalue weighted by molar-refractivity contribution is 5.65. The number of anilines is 1. The topological polar surface area (TPSA) is 38.3 Å². The van der Waals surface area contributed by atoms with Gasteiger partial charge in [0.25, 0.3) is 6.47 Å². The maximum absolute atomic E-state index is 10.2. The molecule has 0 spiro atoms. The minimum Gasteiger partial charge on any atom is -0.426 e. The van der Waals surface area contributed by atoms with E-state index in [0.29, 0.717) is 12.2 Å². The first-order valence-electron chi connectivity index (χ1n) is 5.08. The van der Waals surface area contributed by atoms with E-state index in [0.717, 1.165) is 16.8 Å². The molecule has 1 N–H and O–H groups in total. The van der Waals surface area contributed by atoms with Gasteiger partial charge in [-0.2, -0.15) is 0 Å². The minimum atomic E-state index is 0.443. The maximum atomic E-state index is 10.2. The lowest BCUT2D eigenvalue weighted by Gasteiger charge is -2.10. The van der Waals surface area contributed by atoms with Crippen molar-refractivity contribution in [1.29, 1.82) is 0 Å². The zero-order chi connectivity index (χ0) is 11.8. The van der Waals surface area contributed by atoms with Crippen LogP contribution < -0.4 is 10.1 Å². The summed E-state index contributed by atoms with van der Waals surface area (Å²) >= 11 is 0. The molecule has 0 aliphatic heterocycles. The van der Waals surface area contributed by atoms with Gasteiger partial charge in [-0.05, 0) is 31.0 Å². The van der Waals surface area contributed by atoms with Crippen molar-refractivity contribution < 1.29 is 9.53 Å². The molecule has 0 fully saturated rings. The van der Waals surface area contributed by atoms with Crippen LogP contribution >= 0.6 is 0 Å². The van der Waals surface area contributed by atoms with Crippen LogP contribution in [-0.2, 0) is 4.79 Å². The van der Waals surface area contributed by atoms with E-state index in [1.807, 2.05) is 39.8 Å². The van der Waals surface area contributed by atoms with E-state index in [1.165, 1.54) is 0 Å². The van der Waals surface area contributed by atoms with Crippen LogP contribution in [-0.4, -0.2) is 13.5 Å². The minimum absolute atomic E-state index is 0.443. The quantitative estimate of drug-likeness (QED) is 0.778. The van der Waals surface area contributed by atoms with Crippen LogP contribution in [0.4, 0.5) is 5.69 Å². The van der Waals surface area contributed by atoms with Crippen LogP contribution in [0.1, 0.15) is 25.0 Å². The molecule has 1 rings (SSSR count). The molecule has 84 valence electrons. The predicted molar refractivity (Wildman–Crippen MR) is 63.5 cm³/mol. The summed E-state index contributed by atoms with van der Waals surface area (Å²) in [5.41, 5.74) is 2.93. The van der Waals surface area contributed by atoms with E-state index >= 15 is 0 Å². The second kappa shape index (κ2) is 6.87. The maximum Gasteiger partial charge on any atom is 0.298 e. The molecule has 3 nitrogen and oxygen atoms in total. The second-order valence-electron chi connectivity index (χ2n) is 2.92. The Morgan fingerprint density at radius 2 is 1.87 bits per heavy atom. The monoisotopic (exact) mass is 209 g/mol. The first-order valence-corrected chi connectivity index (χ1v) is 5.08. The van der Waals surface area contributed by atoms with Gasteiger partial charge in [-0.25, -0.2) is 0 Å². The van der Waals surface area contributed by atoms with Gasteiger partial charge in [-0.3, -0.25) is 4.79 Å². The van der Waals surface area contributed by atoms with Crippen LogP contribution in [0.3, 0.4) is 0 Å². The van der Waals surface area contributed by atoms with Crippen LogP contribution in [0.2, 0.25) is 0 Å². The van der Waals surface area contributed by atoms with Crippen LogP contribution in [0.5, 0.6) is 5.75 Å². The predicted octanol–water partition coefficient (Wildman–Crippen LogP) is 2.91. The normalized spacial score (nSPS) is 8.60. The number of hydrogen-bond donors (Lipinski definition) is 1. The summed E-state index contributed by atoms with van der Waals surface area (Å²) in [6.45, 7) is 8.35. The molecule has 1 aromatic carbocycles. The van der Waals surface area contributed by atoms with Crippen LogP contribution in [0.15, 0.2) is 12.1 Å². The van der Waals surface area contributed by atoms with Crippen LogP contribution in [0.25, 0.3) is 0 Å². The molecule has 0 heterocycles. The van der Waals surface area contributed by atoms with E-state index in [9.17, 15) is 4.79 Å². The molecule has 0 aromatic heterocycles. The third-order valence-electron chi connectivity index (χ3n) is 1.85. The van der Waals surface area contributed by atoms with Crippen molar-refractivity contribution >= 4 is 12.2 Å². The summed E-state index contributed by atoms with van der Waals surface area (Å²) in [7, 11) is 1.80. The summed E-state index contributed by atoms with van der Waals surface area (Å²) in [4.78, 5) is 10.2. The first kappa shape index (κ1) is 13.5. The summed E-state index contributed by atoms with van der Waals surface area (Å²) in [6.07, 6.45) is 0. The van der Waals surface area contributed by atoms with Gasteiger partial charge in [0.1, 0.15) is 0 Å². The number of ether oxygens (including phenoxy) is 1. The molecule has 1 aromatic rings. The van der Waals surface area contributed by atoms with E-state index in [1.54, 1.807) is 7.05 Å². The summed E-state index contributed by atoms with van der Waals surface area (Å²) in [6, 6.07) is 3.91. The highest BCUT2D eigenvalue weighted by Gasteiger charge is 2.06. The SMILES string of the molecule is CC.CNc1cc(C)cc(C)c1OC=O. The van der Waals surface area contributed by atoms with E-state index in [2.05, 4.69) is 5.32 Å². The van der Waals surface area contributed by atoms with E-state index in [-0.39, 0.29) is 0 Å². The molecule has 0 aliphatic rings. The van der Waals surface area contributed by atoms with Gasteiger partial charge < -0.3 is 10.1 Å². The Bertz CT molecular complexity index is 322. The van der Waals surface area contributed by atoms with Crippen molar-refractivity contribution in [2.75, 3.05) is 12.4 Å². The lowest BCUT2D eigenvalue weighted by atomic mass is 10.1. The molecule has 0 unspecified atom stereocenters. The average molecular weight is 209 g/mol. The van der Waals surface area contributed by atoms with Crippen molar-refractivity contribution in [3.63, 3.8) is 0 Å². The molecule has 0 amide bonds. The van der Waals surface area contributed by atoms with E-state index in [4.69, 9.17) is 4.74 Å². The highest BCUT2D eigenvalue weighted by atomic mass is 16.5. The summed E-state index contributed by atoms with van der Waals surface area (Å²) in [5.74, 6) is 0.600. The fourth-order valence-corrected chi connectivity index (χ4v) is 1.34. The summed E-state index contributed by atoms with van der Waals surface area (Å²) in [5, 5.41) is 2.98. The molecule has 0 saturated heterocycles.